The number of anilines is 3. The smallest absolute Gasteiger partial charge is 0.227 e. The van der Waals surface area contributed by atoms with Crippen LogP contribution in [0.5, 0.6) is 0 Å². The van der Waals surface area contributed by atoms with Crippen molar-refractivity contribution >= 4 is 104 Å². The normalized spacial score (nSPS) is 12.1. The summed E-state index contributed by atoms with van der Waals surface area (Å²) in [7, 11) is 0. The topological polar surface area (TPSA) is 55.6 Å². The predicted octanol–water partition coefficient (Wildman–Crippen LogP) is 13.1. The summed E-state index contributed by atoms with van der Waals surface area (Å²) < 4.78 is 21.6. The molecule has 230 valence electrons. The number of benzene rings is 7. The molecule has 0 spiro atoms. The fraction of sp³-hybridized carbons (Fsp3) is 0. The third-order valence-corrected chi connectivity index (χ3v) is 10.6. The first kappa shape index (κ1) is 26.7. The van der Waals surface area contributed by atoms with Crippen LogP contribution in [0.15, 0.2) is 159 Å². The summed E-state index contributed by atoms with van der Waals surface area (Å²) in [5.74, 6) is 0.600. The number of rotatable bonds is 4. The average Bonchev–Trinajstić information content (AvgIpc) is 3.91. The van der Waals surface area contributed by atoms with E-state index >= 15 is 0 Å². The molecule has 0 amide bonds. The minimum atomic E-state index is 0.600. The van der Waals surface area contributed by atoms with Gasteiger partial charge in [-0.15, -0.1) is 11.3 Å². The summed E-state index contributed by atoms with van der Waals surface area (Å²) >= 11 is 1.82. The quantitative estimate of drug-likeness (QED) is 0.190. The molecule has 11 aromatic rings. The molecular formula is C43H24N2O3S. The number of hydrogen-bond donors (Lipinski definition) is 0. The van der Waals surface area contributed by atoms with Gasteiger partial charge in [-0.1, -0.05) is 60.7 Å². The molecule has 0 atom stereocenters. The molecule has 0 radical (unpaired) electrons. The van der Waals surface area contributed by atoms with Crippen molar-refractivity contribution in [3.05, 3.63) is 146 Å². The number of aromatic nitrogens is 1. The van der Waals surface area contributed by atoms with Crippen LogP contribution < -0.4 is 4.90 Å². The highest BCUT2D eigenvalue weighted by Crippen LogP contribution is 2.44. The van der Waals surface area contributed by atoms with Crippen LogP contribution in [0.2, 0.25) is 0 Å². The van der Waals surface area contributed by atoms with E-state index in [1.165, 1.54) is 20.2 Å². The van der Waals surface area contributed by atoms with Crippen LogP contribution in [-0.2, 0) is 0 Å². The molecule has 7 aromatic carbocycles. The number of furan rings is 2. The van der Waals surface area contributed by atoms with Crippen molar-refractivity contribution in [2.45, 2.75) is 0 Å². The fourth-order valence-electron chi connectivity index (χ4n) is 7.18. The molecule has 0 bridgehead atoms. The molecule has 0 aliphatic rings. The molecule has 0 unspecified atom stereocenters. The molecule has 0 saturated carbocycles. The van der Waals surface area contributed by atoms with E-state index in [0.717, 1.165) is 72.0 Å². The molecule has 0 N–H and O–H groups in total. The molecule has 0 fully saturated rings. The number of nitrogens with zero attached hydrogens (tertiary/aromatic N) is 2. The lowest BCUT2D eigenvalue weighted by Crippen LogP contribution is -2.09. The first-order chi connectivity index (χ1) is 24.2. The molecular weight excluding hydrogens is 625 g/mol. The lowest BCUT2D eigenvalue weighted by atomic mass is 10.1. The highest BCUT2D eigenvalue weighted by molar-refractivity contribution is 7.25. The maximum absolute atomic E-state index is 6.53. The number of thiophene rings is 1. The maximum atomic E-state index is 6.53. The van der Waals surface area contributed by atoms with E-state index < -0.39 is 0 Å². The zero-order chi connectivity index (χ0) is 32.1. The molecule has 0 aliphatic carbocycles. The van der Waals surface area contributed by atoms with Gasteiger partial charge in [-0.25, -0.2) is 4.98 Å². The Morgan fingerprint density at radius 2 is 1.00 bits per heavy atom. The molecule has 5 nitrogen and oxygen atoms in total. The van der Waals surface area contributed by atoms with Gasteiger partial charge >= 0.3 is 0 Å². The van der Waals surface area contributed by atoms with E-state index in [9.17, 15) is 0 Å². The van der Waals surface area contributed by atoms with E-state index in [-0.39, 0.29) is 0 Å². The molecule has 49 heavy (non-hydrogen) atoms. The predicted molar refractivity (Wildman–Crippen MR) is 202 cm³/mol. The zero-order valence-corrected chi connectivity index (χ0v) is 26.7. The second kappa shape index (κ2) is 10.1. The molecule has 0 aliphatic heterocycles. The molecule has 11 rings (SSSR count). The number of para-hydroxylation sites is 1. The minimum absolute atomic E-state index is 0.600. The summed E-state index contributed by atoms with van der Waals surface area (Å²) in [5.41, 5.74) is 8.76. The van der Waals surface area contributed by atoms with Crippen LogP contribution in [-0.4, -0.2) is 4.98 Å². The largest absolute Gasteiger partial charge is 0.456 e. The minimum Gasteiger partial charge on any atom is -0.456 e. The third kappa shape index (κ3) is 4.08. The van der Waals surface area contributed by atoms with Gasteiger partial charge in [0, 0.05) is 82.5 Å². The van der Waals surface area contributed by atoms with Gasteiger partial charge in [-0.2, -0.15) is 0 Å². The lowest BCUT2D eigenvalue weighted by Gasteiger charge is -2.25. The Kier molecular flexibility index (Phi) is 5.48. The summed E-state index contributed by atoms with van der Waals surface area (Å²) in [4.78, 5) is 7.08. The molecule has 6 heteroatoms. The van der Waals surface area contributed by atoms with E-state index in [0.29, 0.717) is 11.5 Å². The highest BCUT2D eigenvalue weighted by Gasteiger charge is 2.20. The van der Waals surface area contributed by atoms with Gasteiger partial charge in [0.2, 0.25) is 5.89 Å². The van der Waals surface area contributed by atoms with E-state index in [1.807, 2.05) is 59.9 Å². The first-order valence-electron chi connectivity index (χ1n) is 16.2. The standard InChI is InChI=1S/C43H24N2O3S/c1-2-8-25(9-3-1)43-44-35-23-34-31-18-15-27(21-38(31)47-39(34)24-40(35)48-43)45(26-14-17-30-29-10-4-6-12-36(29)46-37(30)20-26)28-16-19-33-32-11-5-7-13-41(32)49-42(33)22-28/h1-24H. The summed E-state index contributed by atoms with van der Waals surface area (Å²) in [5, 5.41) is 6.78. The number of fused-ring (bicyclic) bond motifs is 10. The Labute approximate surface area is 282 Å². The Balaban J connectivity index is 1.09. The second-order valence-corrected chi connectivity index (χ2v) is 13.5. The first-order valence-corrected chi connectivity index (χ1v) is 17.0. The molecule has 4 heterocycles. The second-order valence-electron chi connectivity index (χ2n) is 12.4. The maximum Gasteiger partial charge on any atom is 0.227 e. The van der Waals surface area contributed by atoms with Crippen molar-refractivity contribution in [1.29, 1.82) is 0 Å². The van der Waals surface area contributed by atoms with E-state index in [4.69, 9.17) is 18.2 Å². The van der Waals surface area contributed by atoms with Crippen molar-refractivity contribution in [2.75, 3.05) is 4.90 Å². The average molecular weight is 649 g/mol. The Morgan fingerprint density at radius 3 is 1.82 bits per heavy atom. The SMILES string of the molecule is c1ccc(-c2nc3cc4c(cc3o2)oc2cc(N(c3ccc5c(c3)oc3ccccc35)c3ccc5c(c3)sc3ccccc35)ccc24)cc1. The highest BCUT2D eigenvalue weighted by atomic mass is 32.1. The van der Waals surface area contributed by atoms with E-state index in [1.54, 1.807) is 0 Å². The lowest BCUT2D eigenvalue weighted by molar-refractivity contribution is 0.617. The zero-order valence-electron chi connectivity index (χ0n) is 25.9. The summed E-state index contributed by atoms with van der Waals surface area (Å²) in [6.07, 6.45) is 0. The monoisotopic (exact) mass is 648 g/mol. The fourth-order valence-corrected chi connectivity index (χ4v) is 8.32. The van der Waals surface area contributed by atoms with Gasteiger partial charge < -0.3 is 18.2 Å². The summed E-state index contributed by atoms with van der Waals surface area (Å²) in [6, 6.07) is 50.4. The van der Waals surface area contributed by atoms with Crippen molar-refractivity contribution in [3.63, 3.8) is 0 Å². The molecule has 0 saturated heterocycles. The van der Waals surface area contributed by atoms with E-state index in [2.05, 4.69) is 102 Å². The Bertz CT molecular complexity index is 2960. The van der Waals surface area contributed by atoms with Crippen LogP contribution >= 0.6 is 11.3 Å². The van der Waals surface area contributed by atoms with Crippen LogP contribution in [0.4, 0.5) is 17.1 Å². The van der Waals surface area contributed by atoms with Crippen LogP contribution in [0.1, 0.15) is 0 Å². The van der Waals surface area contributed by atoms with Crippen molar-refractivity contribution < 1.29 is 13.3 Å². The van der Waals surface area contributed by atoms with Gasteiger partial charge in [-0.3, -0.25) is 0 Å². The Hall–Kier alpha value is -6.37. The summed E-state index contributed by atoms with van der Waals surface area (Å²) in [6.45, 7) is 0. The van der Waals surface area contributed by atoms with Gasteiger partial charge in [0.25, 0.3) is 0 Å². The van der Waals surface area contributed by atoms with Crippen molar-refractivity contribution in [1.82, 2.24) is 4.98 Å². The van der Waals surface area contributed by atoms with Crippen molar-refractivity contribution in [2.24, 2.45) is 0 Å². The van der Waals surface area contributed by atoms with Gasteiger partial charge in [0.1, 0.15) is 27.8 Å². The third-order valence-electron chi connectivity index (χ3n) is 9.49. The number of oxazole rings is 1. The van der Waals surface area contributed by atoms with Crippen LogP contribution in [0.3, 0.4) is 0 Å². The van der Waals surface area contributed by atoms with Gasteiger partial charge in [0.05, 0.1) is 0 Å². The van der Waals surface area contributed by atoms with Crippen molar-refractivity contribution in [3.8, 4) is 11.5 Å². The van der Waals surface area contributed by atoms with Gasteiger partial charge in [0.15, 0.2) is 5.58 Å². The van der Waals surface area contributed by atoms with Gasteiger partial charge in [-0.05, 0) is 66.7 Å². The Morgan fingerprint density at radius 1 is 0.408 bits per heavy atom. The molecule has 4 aromatic heterocycles. The van der Waals surface area contributed by atoms with Crippen LogP contribution in [0.25, 0.3) is 86.6 Å². The number of hydrogen-bond acceptors (Lipinski definition) is 6. The van der Waals surface area contributed by atoms with Crippen LogP contribution in [0, 0.1) is 0 Å².